The van der Waals surface area contributed by atoms with Crippen LogP contribution in [0, 0.1) is 6.92 Å². The van der Waals surface area contributed by atoms with E-state index in [9.17, 15) is 0 Å². The predicted molar refractivity (Wildman–Crippen MR) is 71.1 cm³/mol. The maximum absolute atomic E-state index is 6.16. The molecule has 0 aliphatic rings. The Morgan fingerprint density at radius 3 is 2.71 bits per heavy atom. The van der Waals surface area contributed by atoms with Gasteiger partial charge in [0.15, 0.2) is 0 Å². The van der Waals surface area contributed by atoms with Crippen LogP contribution in [0.3, 0.4) is 0 Å². The first kappa shape index (κ1) is 12.2. The number of nitrogens with two attached hydrogens (primary N) is 1. The Hall–Kier alpha value is -1.26. The molecule has 0 radical (unpaired) electrons. The first-order chi connectivity index (χ1) is 8.19. The minimum Gasteiger partial charge on any atom is -0.322 e. The van der Waals surface area contributed by atoms with Gasteiger partial charge in [0.1, 0.15) is 5.82 Å². The smallest absolute Gasteiger partial charge is 0.125 e. The highest BCUT2D eigenvalue weighted by molar-refractivity contribution is 7.11. The molecule has 0 fully saturated rings. The lowest BCUT2D eigenvalue weighted by Crippen LogP contribution is -2.15. The lowest BCUT2D eigenvalue weighted by atomic mass is 10.1. The second-order valence-corrected chi connectivity index (χ2v) is 5.31. The van der Waals surface area contributed by atoms with Gasteiger partial charge in [-0.3, -0.25) is 0 Å². The monoisotopic (exact) mass is 247 g/mol. The highest BCUT2D eigenvalue weighted by atomic mass is 32.1. The Kier molecular flexibility index (Phi) is 3.86. The molecule has 2 heterocycles. The molecule has 90 valence electrons. The number of aryl methyl sites for hydroxylation is 2. The summed E-state index contributed by atoms with van der Waals surface area (Å²) >= 11 is 1.84. The van der Waals surface area contributed by atoms with Gasteiger partial charge >= 0.3 is 0 Å². The molecular formula is C13H17N3S. The topological polar surface area (TPSA) is 51.8 Å². The van der Waals surface area contributed by atoms with Crippen molar-refractivity contribution in [3.8, 4) is 0 Å². The van der Waals surface area contributed by atoms with E-state index in [1.165, 1.54) is 9.75 Å². The Bertz CT molecular complexity index is 493. The molecule has 1 atom stereocenters. The van der Waals surface area contributed by atoms with Crippen LogP contribution in [0.5, 0.6) is 0 Å². The second-order valence-electron chi connectivity index (χ2n) is 4.06. The van der Waals surface area contributed by atoms with E-state index in [4.69, 9.17) is 5.73 Å². The molecule has 2 N–H and O–H groups in total. The molecule has 1 unspecified atom stereocenters. The van der Waals surface area contributed by atoms with Crippen molar-refractivity contribution in [2.24, 2.45) is 5.73 Å². The number of thiophene rings is 1. The standard InChI is InChI=1S/C13H17N3S/c1-3-10-4-5-11(17-10)8-12(14)13-6-7-15-9(2)16-13/h4-7,12H,3,8,14H2,1-2H3. The average Bonchev–Trinajstić information content (AvgIpc) is 2.77. The number of aromatic nitrogens is 2. The van der Waals surface area contributed by atoms with Gasteiger partial charge in [-0.05, 0) is 31.5 Å². The number of nitrogens with zero attached hydrogens (tertiary/aromatic N) is 2. The molecule has 0 saturated carbocycles. The fourth-order valence-electron chi connectivity index (χ4n) is 1.72. The SMILES string of the molecule is CCc1ccc(CC(N)c2ccnc(C)n2)s1. The van der Waals surface area contributed by atoms with Crippen LogP contribution in [0.15, 0.2) is 24.4 Å². The van der Waals surface area contributed by atoms with Crippen molar-refractivity contribution in [2.75, 3.05) is 0 Å². The molecule has 0 aliphatic heterocycles. The maximum atomic E-state index is 6.16. The van der Waals surface area contributed by atoms with Crippen LogP contribution in [-0.2, 0) is 12.8 Å². The Morgan fingerprint density at radius 2 is 2.06 bits per heavy atom. The highest BCUT2D eigenvalue weighted by Crippen LogP contribution is 2.22. The summed E-state index contributed by atoms with van der Waals surface area (Å²) in [5.74, 6) is 0.776. The summed E-state index contributed by atoms with van der Waals surface area (Å²) in [5.41, 5.74) is 7.08. The zero-order valence-electron chi connectivity index (χ0n) is 10.2. The normalized spacial score (nSPS) is 12.6. The molecule has 0 spiro atoms. The first-order valence-electron chi connectivity index (χ1n) is 5.81. The van der Waals surface area contributed by atoms with E-state index in [0.29, 0.717) is 0 Å². The van der Waals surface area contributed by atoms with Crippen molar-refractivity contribution >= 4 is 11.3 Å². The first-order valence-corrected chi connectivity index (χ1v) is 6.63. The van der Waals surface area contributed by atoms with Crippen LogP contribution in [0.25, 0.3) is 0 Å². The van der Waals surface area contributed by atoms with Crippen LogP contribution in [-0.4, -0.2) is 9.97 Å². The van der Waals surface area contributed by atoms with E-state index in [2.05, 4.69) is 29.0 Å². The fraction of sp³-hybridized carbons (Fsp3) is 0.385. The maximum Gasteiger partial charge on any atom is 0.125 e. The largest absolute Gasteiger partial charge is 0.322 e. The van der Waals surface area contributed by atoms with Gasteiger partial charge in [0.25, 0.3) is 0 Å². The van der Waals surface area contributed by atoms with Crippen molar-refractivity contribution in [3.63, 3.8) is 0 Å². The third-order valence-electron chi connectivity index (χ3n) is 2.66. The summed E-state index contributed by atoms with van der Waals surface area (Å²) in [4.78, 5) is 11.2. The van der Waals surface area contributed by atoms with E-state index in [-0.39, 0.29) is 6.04 Å². The summed E-state index contributed by atoms with van der Waals surface area (Å²) < 4.78 is 0. The fourth-order valence-corrected chi connectivity index (χ4v) is 2.74. The lowest BCUT2D eigenvalue weighted by Gasteiger charge is -2.09. The lowest BCUT2D eigenvalue weighted by molar-refractivity contribution is 0.694. The van der Waals surface area contributed by atoms with Crippen molar-refractivity contribution in [1.29, 1.82) is 0 Å². The Labute approximate surface area is 106 Å². The average molecular weight is 247 g/mol. The van der Waals surface area contributed by atoms with E-state index < -0.39 is 0 Å². The molecule has 17 heavy (non-hydrogen) atoms. The minimum absolute atomic E-state index is 0.0416. The van der Waals surface area contributed by atoms with Gasteiger partial charge in [-0.2, -0.15) is 0 Å². The highest BCUT2D eigenvalue weighted by Gasteiger charge is 2.10. The predicted octanol–water partition coefficient (Wildman–Crippen LogP) is 2.65. The number of rotatable bonds is 4. The number of hydrogen-bond donors (Lipinski definition) is 1. The van der Waals surface area contributed by atoms with Gasteiger partial charge in [-0.25, -0.2) is 9.97 Å². The summed E-state index contributed by atoms with van der Waals surface area (Å²) in [6.07, 6.45) is 3.71. The molecule has 3 nitrogen and oxygen atoms in total. The number of hydrogen-bond acceptors (Lipinski definition) is 4. The van der Waals surface area contributed by atoms with Crippen LogP contribution in [0.2, 0.25) is 0 Å². The van der Waals surface area contributed by atoms with E-state index >= 15 is 0 Å². The van der Waals surface area contributed by atoms with Gasteiger partial charge in [-0.1, -0.05) is 6.92 Å². The molecule has 2 rings (SSSR count). The van der Waals surface area contributed by atoms with Crippen LogP contribution >= 0.6 is 11.3 Å². The van der Waals surface area contributed by atoms with Gasteiger partial charge in [0.2, 0.25) is 0 Å². The molecule has 2 aromatic heterocycles. The summed E-state index contributed by atoms with van der Waals surface area (Å²) in [6.45, 7) is 4.06. The molecule has 0 amide bonds. The molecule has 0 aromatic carbocycles. The Balaban J connectivity index is 2.08. The minimum atomic E-state index is -0.0416. The van der Waals surface area contributed by atoms with Crippen molar-refractivity contribution < 1.29 is 0 Å². The van der Waals surface area contributed by atoms with E-state index in [1.807, 2.05) is 24.3 Å². The van der Waals surface area contributed by atoms with E-state index in [1.54, 1.807) is 6.20 Å². The molecule has 0 bridgehead atoms. The van der Waals surface area contributed by atoms with Gasteiger partial charge in [0, 0.05) is 22.4 Å². The summed E-state index contributed by atoms with van der Waals surface area (Å²) in [6, 6.07) is 6.20. The summed E-state index contributed by atoms with van der Waals surface area (Å²) in [7, 11) is 0. The van der Waals surface area contributed by atoms with E-state index in [0.717, 1.165) is 24.4 Å². The van der Waals surface area contributed by atoms with Crippen molar-refractivity contribution in [1.82, 2.24) is 9.97 Å². The zero-order valence-corrected chi connectivity index (χ0v) is 11.0. The third kappa shape index (κ3) is 3.11. The quantitative estimate of drug-likeness (QED) is 0.903. The van der Waals surface area contributed by atoms with Gasteiger partial charge in [0.05, 0.1) is 11.7 Å². The molecule has 4 heteroatoms. The molecule has 2 aromatic rings. The van der Waals surface area contributed by atoms with Crippen LogP contribution in [0.4, 0.5) is 0 Å². The molecule has 0 aliphatic carbocycles. The molecule has 0 saturated heterocycles. The van der Waals surface area contributed by atoms with Crippen molar-refractivity contribution in [2.45, 2.75) is 32.7 Å². The second kappa shape index (κ2) is 5.38. The van der Waals surface area contributed by atoms with Crippen molar-refractivity contribution in [3.05, 3.63) is 45.7 Å². The van der Waals surface area contributed by atoms with Gasteiger partial charge < -0.3 is 5.73 Å². The Morgan fingerprint density at radius 1 is 1.29 bits per heavy atom. The van der Waals surface area contributed by atoms with Gasteiger partial charge in [-0.15, -0.1) is 11.3 Å². The summed E-state index contributed by atoms with van der Waals surface area (Å²) in [5, 5.41) is 0. The third-order valence-corrected chi connectivity index (χ3v) is 3.92. The van der Waals surface area contributed by atoms with Crippen LogP contribution in [0.1, 0.15) is 34.2 Å². The zero-order chi connectivity index (χ0) is 12.3. The van der Waals surface area contributed by atoms with Crippen LogP contribution < -0.4 is 5.73 Å². The molecular weight excluding hydrogens is 230 g/mol.